The molecule has 1 aliphatic rings. The number of halogens is 1. The highest BCUT2D eigenvalue weighted by Gasteiger charge is 2.36. The van der Waals surface area contributed by atoms with Crippen LogP contribution >= 0.6 is 0 Å². The second-order valence-electron chi connectivity index (χ2n) is 8.08. The van der Waals surface area contributed by atoms with E-state index in [0.717, 1.165) is 5.56 Å². The molecule has 2 N–H and O–H groups in total. The van der Waals surface area contributed by atoms with Gasteiger partial charge >= 0.3 is 0 Å². The highest BCUT2D eigenvalue weighted by molar-refractivity contribution is 6.01. The van der Waals surface area contributed by atoms with Gasteiger partial charge in [-0.1, -0.05) is 60.7 Å². The van der Waals surface area contributed by atoms with Crippen LogP contribution in [0.2, 0.25) is 0 Å². The molecule has 2 atom stereocenters. The molecule has 1 heterocycles. The lowest BCUT2D eigenvalue weighted by atomic mass is 9.85. The zero-order valence-corrected chi connectivity index (χ0v) is 17.3. The van der Waals surface area contributed by atoms with Gasteiger partial charge in [0.15, 0.2) is 12.1 Å². The van der Waals surface area contributed by atoms with Crippen molar-refractivity contribution in [1.29, 1.82) is 0 Å². The molecule has 1 aliphatic heterocycles. The Labute approximate surface area is 176 Å². The normalized spacial score (nSPS) is 18.4. The van der Waals surface area contributed by atoms with Crippen LogP contribution in [-0.4, -0.2) is 52.7 Å². The molecule has 160 valence electrons. The molecule has 5 nitrogen and oxygen atoms in total. The minimum Gasteiger partial charge on any atom is -0.389 e. The number of carbonyl (C=O) groups is 2. The first-order valence-corrected chi connectivity index (χ1v) is 10.4. The van der Waals surface area contributed by atoms with Crippen LogP contribution < -0.4 is 5.32 Å². The number of amides is 1. The Morgan fingerprint density at radius 1 is 1.07 bits per heavy atom. The molecule has 2 aromatic rings. The zero-order valence-electron chi connectivity index (χ0n) is 17.3. The monoisotopic (exact) mass is 412 g/mol. The fraction of sp³-hybridized carbons (Fsp3) is 0.417. The number of aliphatic hydroxyl groups is 1. The van der Waals surface area contributed by atoms with Crippen molar-refractivity contribution in [2.45, 2.75) is 50.5 Å². The lowest BCUT2D eigenvalue weighted by Gasteiger charge is -2.40. The van der Waals surface area contributed by atoms with Crippen molar-refractivity contribution in [2.24, 2.45) is 0 Å². The van der Waals surface area contributed by atoms with E-state index in [1.54, 1.807) is 35.2 Å². The number of benzene rings is 2. The molecule has 0 bridgehead atoms. The van der Waals surface area contributed by atoms with Gasteiger partial charge in [0.2, 0.25) is 5.91 Å². The lowest BCUT2D eigenvalue weighted by Crippen LogP contribution is -2.50. The third kappa shape index (κ3) is 5.97. The van der Waals surface area contributed by atoms with Crippen LogP contribution in [0, 0.1) is 0 Å². The average molecular weight is 413 g/mol. The number of nitrogens with one attached hydrogen (secondary N) is 1. The van der Waals surface area contributed by atoms with Gasteiger partial charge in [0.05, 0.1) is 11.6 Å². The Balaban J connectivity index is 1.59. The summed E-state index contributed by atoms with van der Waals surface area (Å²) in [6.07, 6.45) is -0.0420. The van der Waals surface area contributed by atoms with E-state index >= 15 is 4.39 Å². The van der Waals surface area contributed by atoms with Crippen molar-refractivity contribution < 1.29 is 19.1 Å². The molecule has 0 spiro atoms. The van der Waals surface area contributed by atoms with Crippen molar-refractivity contribution in [3.05, 3.63) is 71.8 Å². The molecular weight excluding hydrogens is 383 g/mol. The van der Waals surface area contributed by atoms with Crippen molar-refractivity contribution in [1.82, 2.24) is 10.2 Å². The van der Waals surface area contributed by atoms with Crippen molar-refractivity contribution >= 4 is 11.7 Å². The first-order valence-electron chi connectivity index (χ1n) is 10.4. The van der Waals surface area contributed by atoms with Gasteiger partial charge in [0.1, 0.15) is 0 Å². The Bertz CT molecular complexity index is 836. The van der Waals surface area contributed by atoms with Crippen LogP contribution in [0.4, 0.5) is 4.39 Å². The maximum absolute atomic E-state index is 15.1. The Morgan fingerprint density at radius 2 is 1.63 bits per heavy atom. The molecule has 1 fully saturated rings. The summed E-state index contributed by atoms with van der Waals surface area (Å²) in [6, 6.07) is 17.5. The number of hydrogen-bond acceptors (Lipinski definition) is 4. The number of carbonyl (C=O) groups excluding carboxylic acids is 2. The smallest absolute Gasteiger partial charge is 0.217 e. The van der Waals surface area contributed by atoms with E-state index in [1.165, 1.54) is 6.92 Å². The average Bonchev–Trinajstić information content (AvgIpc) is 2.74. The van der Waals surface area contributed by atoms with Gasteiger partial charge in [-0.05, 0) is 18.4 Å². The van der Waals surface area contributed by atoms with E-state index in [-0.39, 0.29) is 18.1 Å². The van der Waals surface area contributed by atoms with Crippen LogP contribution in [-0.2, 0) is 11.2 Å². The van der Waals surface area contributed by atoms with Crippen molar-refractivity contribution in [2.75, 3.05) is 13.1 Å². The second-order valence-corrected chi connectivity index (χ2v) is 8.08. The molecule has 2 unspecified atom stereocenters. The van der Waals surface area contributed by atoms with E-state index in [9.17, 15) is 14.7 Å². The summed E-state index contributed by atoms with van der Waals surface area (Å²) in [6.45, 7) is 2.12. The summed E-state index contributed by atoms with van der Waals surface area (Å²) in [5, 5.41) is 13.5. The molecule has 1 amide bonds. The highest BCUT2D eigenvalue weighted by Crippen LogP contribution is 2.28. The van der Waals surface area contributed by atoms with E-state index in [0.29, 0.717) is 37.9 Å². The molecule has 6 heteroatoms. The van der Waals surface area contributed by atoms with Crippen LogP contribution in [0.15, 0.2) is 60.7 Å². The van der Waals surface area contributed by atoms with Gasteiger partial charge < -0.3 is 10.4 Å². The van der Waals surface area contributed by atoms with Gasteiger partial charge in [-0.3, -0.25) is 14.5 Å². The summed E-state index contributed by atoms with van der Waals surface area (Å²) in [5.41, 5.74) is 0.651. The fourth-order valence-corrected chi connectivity index (χ4v) is 4.00. The van der Waals surface area contributed by atoms with Crippen LogP contribution in [0.25, 0.3) is 0 Å². The number of likely N-dealkylation sites (tertiary alicyclic amines) is 1. The number of Topliss-reactive ketones (excluding diaryl/α,β-unsaturated/α-hetero) is 1. The third-order valence-electron chi connectivity index (χ3n) is 5.68. The number of hydrogen-bond donors (Lipinski definition) is 2. The van der Waals surface area contributed by atoms with Crippen LogP contribution in [0.1, 0.15) is 42.1 Å². The molecule has 0 aromatic heterocycles. The summed E-state index contributed by atoms with van der Waals surface area (Å²) in [7, 11) is 0. The molecule has 3 rings (SSSR count). The molecule has 0 aliphatic carbocycles. The van der Waals surface area contributed by atoms with Crippen LogP contribution in [0.5, 0.6) is 0 Å². The lowest BCUT2D eigenvalue weighted by molar-refractivity contribution is -0.119. The first-order chi connectivity index (χ1) is 14.4. The first kappa shape index (κ1) is 22.1. The third-order valence-corrected chi connectivity index (χ3v) is 5.68. The fourth-order valence-electron chi connectivity index (χ4n) is 4.00. The number of nitrogens with zero attached hydrogens (tertiary/aromatic N) is 1. The minimum atomic E-state index is -1.38. The van der Waals surface area contributed by atoms with Gasteiger partial charge in [-0.15, -0.1) is 0 Å². The van der Waals surface area contributed by atoms with E-state index in [1.807, 2.05) is 30.3 Å². The molecule has 2 aromatic carbocycles. The number of alkyl halides is 1. The number of piperidine rings is 1. The Morgan fingerprint density at radius 3 is 2.20 bits per heavy atom. The number of ketones is 1. The van der Waals surface area contributed by atoms with Gasteiger partial charge in [-0.2, -0.15) is 0 Å². The summed E-state index contributed by atoms with van der Waals surface area (Å²) in [5.74, 6) is -0.668. The minimum absolute atomic E-state index is 0.121. The number of rotatable bonds is 8. The van der Waals surface area contributed by atoms with Crippen molar-refractivity contribution in [3.63, 3.8) is 0 Å². The summed E-state index contributed by atoms with van der Waals surface area (Å²) >= 11 is 0. The second kappa shape index (κ2) is 9.96. The summed E-state index contributed by atoms with van der Waals surface area (Å²) < 4.78 is 15.1. The van der Waals surface area contributed by atoms with Gasteiger partial charge in [-0.25, -0.2) is 4.39 Å². The van der Waals surface area contributed by atoms with Crippen molar-refractivity contribution in [3.8, 4) is 0 Å². The standard InChI is InChI=1S/C24H29FN2O3/c1-18(28)26-21(23(29)20-10-6-3-7-11-20)16-22(25)27-14-12-24(30,13-15-27)17-19-8-4-2-5-9-19/h2-11,21-22,30H,12-17H2,1H3,(H,26,28). The van der Waals surface area contributed by atoms with E-state index in [4.69, 9.17) is 0 Å². The molecule has 1 saturated heterocycles. The largest absolute Gasteiger partial charge is 0.389 e. The Hall–Kier alpha value is -2.57. The SMILES string of the molecule is CC(=O)NC(CC(F)N1CCC(O)(Cc2ccccc2)CC1)C(=O)c1ccccc1. The highest BCUT2D eigenvalue weighted by atomic mass is 19.1. The molecule has 0 radical (unpaired) electrons. The van der Waals surface area contributed by atoms with Gasteiger partial charge in [0, 0.05) is 38.4 Å². The predicted octanol–water partition coefficient (Wildman–Crippen LogP) is 3.13. The maximum Gasteiger partial charge on any atom is 0.217 e. The van der Waals surface area contributed by atoms with E-state index in [2.05, 4.69) is 5.32 Å². The summed E-state index contributed by atoms with van der Waals surface area (Å²) in [4.78, 5) is 26.0. The predicted molar refractivity (Wildman–Crippen MR) is 114 cm³/mol. The van der Waals surface area contributed by atoms with E-state index < -0.39 is 17.9 Å². The quantitative estimate of drug-likeness (QED) is 0.516. The molecular formula is C24H29FN2O3. The molecule has 0 saturated carbocycles. The van der Waals surface area contributed by atoms with Gasteiger partial charge in [0.25, 0.3) is 0 Å². The molecule has 30 heavy (non-hydrogen) atoms. The maximum atomic E-state index is 15.1. The zero-order chi connectivity index (χ0) is 21.6. The Kier molecular flexibility index (Phi) is 7.34. The van der Waals surface area contributed by atoms with Crippen LogP contribution in [0.3, 0.4) is 0 Å². The topological polar surface area (TPSA) is 69.6 Å².